The number of carbonyl (C=O) groups excluding carboxylic acids is 1. The number of hydrogen-bond acceptors (Lipinski definition) is 9. The van der Waals surface area contributed by atoms with Crippen molar-refractivity contribution < 1.29 is 26.7 Å². The Morgan fingerprint density at radius 2 is 1.74 bits per heavy atom. The van der Waals surface area contributed by atoms with E-state index in [0.29, 0.717) is 41.3 Å². The number of halogens is 5. The number of fused-ring (bicyclic) bond motifs is 1. The number of aryl methyl sites for hydroxylation is 1. The minimum Gasteiger partial charge on any atom is -0.373 e. The van der Waals surface area contributed by atoms with Crippen LogP contribution in [0.3, 0.4) is 0 Å². The zero-order valence-corrected chi connectivity index (χ0v) is 25.8. The van der Waals surface area contributed by atoms with Crippen LogP contribution in [0, 0.1) is 6.92 Å². The Morgan fingerprint density at radius 1 is 1.00 bits per heavy atom. The maximum Gasteiger partial charge on any atom is 0.416 e. The van der Waals surface area contributed by atoms with E-state index in [0.717, 1.165) is 17.7 Å². The van der Waals surface area contributed by atoms with Gasteiger partial charge in [0.05, 0.1) is 11.8 Å². The zero-order valence-electron chi connectivity index (χ0n) is 25.8. The fourth-order valence-electron chi connectivity index (χ4n) is 4.90. The van der Waals surface area contributed by atoms with E-state index in [2.05, 4.69) is 30.6 Å². The molecule has 1 aliphatic rings. The van der Waals surface area contributed by atoms with Crippen LogP contribution in [0.2, 0.25) is 0 Å². The molecule has 2 aromatic heterocycles. The smallest absolute Gasteiger partial charge is 0.373 e. The quantitative estimate of drug-likeness (QED) is 0.214. The van der Waals surface area contributed by atoms with Crippen molar-refractivity contribution in [3.63, 3.8) is 0 Å². The molecule has 5 rings (SSSR count). The van der Waals surface area contributed by atoms with Gasteiger partial charge in [-0.2, -0.15) is 13.2 Å². The van der Waals surface area contributed by atoms with Crippen molar-refractivity contribution in [1.29, 1.82) is 0 Å². The minimum absolute atomic E-state index is 0.00288. The number of carbonyl (C=O) groups is 1. The van der Waals surface area contributed by atoms with Gasteiger partial charge in [-0.05, 0) is 56.9 Å². The second kappa shape index (κ2) is 13.0. The molecule has 1 saturated heterocycles. The fourth-order valence-corrected chi connectivity index (χ4v) is 4.90. The summed E-state index contributed by atoms with van der Waals surface area (Å²) in [7, 11) is 5.43. The second-order valence-corrected chi connectivity index (χ2v) is 11.6. The third-order valence-corrected chi connectivity index (χ3v) is 7.72. The standard InChI is InChI=1S/C31H34F5N9O/c1-19-5-6-20(28(46)40-22-14-21(31(34,35)36)15-23(16-22)44(4)12-11-43(2)3)13-24(19)41-27-26-25(38-18-39-27)17-37-29(42-26)45-9-7-30(32,33)8-10-45/h5-6,13-18H,7-12H2,1-4H3,(H,40,46)(H,38,39,41). The molecular weight excluding hydrogens is 609 g/mol. The summed E-state index contributed by atoms with van der Waals surface area (Å²) in [6.45, 7) is 3.12. The van der Waals surface area contributed by atoms with Crippen molar-refractivity contribution >= 4 is 45.8 Å². The molecule has 244 valence electrons. The molecule has 2 aromatic carbocycles. The number of nitrogens with one attached hydrogen (secondary N) is 2. The molecule has 1 fully saturated rings. The van der Waals surface area contributed by atoms with Crippen molar-refractivity contribution in [2.75, 3.05) is 67.8 Å². The van der Waals surface area contributed by atoms with E-state index < -0.39 is 23.6 Å². The molecule has 0 saturated carbocycles. The zero-order chi connectivity index (χ0) is 33.2. The van der Waals surface area contributed by atoms with Gasteiger partial charge in [0, 0.05) is 68.7 Å². The number of nitrogens with zero attached hydrogens (tertiary/aromatic N) is 7. The number of amides is 1. The number of hydrogen-bond donors (Lipinski definition) is 2. The van der Waals surface area contributed by atoms with Gasteiger partial charge in [0.15, 0.2) is 5.82 Å². The van der Waals surface area contributed by atoms with E-state index >= 15 is 0 Å². The van der Waals surface area contributed by atoms with Crippen molar-refractivity contribution in [3.8, 4) is 0 Å². The monoisotopic (exact) mass is 643 g/mol. The number of likely N-dealkylation sites (N-methyl/N-ethyl adjacent to an activating group) is 2. The van der Waals surface area contributed by atoms with Gasteiger partial charge in [-0.15, -0.1) is 0 Å². The molecule has 0 spiro atoms. The number of anilines is 5. The van der Waals surface area contributed by atoms with Gasteiger partial charge in [-0.1, -0.05) is 6.07 Å². The van der Waals surface area contributed by atoms with Crippen LogP contribution in [0.25, 0.3) is 11.0 Å². The lowest BCUT2D eigenvalue weighted by Crippen LogP contribution is -2.40. The Hall–Kier alpha value is -4.66. The predicted octanol–water partition coefficient (Wildman–Crippen LogP) is 5.98. The number of alkyl halides is 5. The van der Waals surface area contributed by atoms with E-state index in [1.54, 1.807) is 35.0 Å². The van der Waals surface area contributed by atoms with Crippen molar-refractivity contribution in [3.05, 3.63) is 65.6 Å². The van der Waals surface area contributed by atoms with Gasteiger partial charge in [-0.25, -0.2) is 28.7 Å². The summed E-state index contributed by atoms with van der Waals surface area (Å²) in [6.07, 6.45) is -2.39. The summed E-state index contributed by atoms with van der Waals surface area (Å²) in [5.41, 5.74) is 1.66. The van der Waals surface area contributed by atoms with Crippen LogP contribution < -0.4 is 20.4 Å². The Labute approximate surface area is 262 Å². The number of aromatic nitrogens is 4. The average Bonchev–Trinajstić information content (AvgIpc) is 3.00. The SMILES string of the molecule is Cc1ccc(C(=O)Nc2cc(N(C)CCN(C)C)cc(C(F)(F)F)c2)cc1Nc1ncnc2cnc(N3CCC(F)(F)CC3)nc12. The average molecular weight is 644 g/mol. The Morgan fingerprint density at radius 3 is 2.43 bits per heavy atom. The lowest BCUT2D eigenvalue weighted by molar-refractivity contribution is -0.137. The summed E-state index contributed by atoms with van der Waals surface area (Å²) >= 11 is 0. The summed E-state index contributed by atoms with van der Waals surface area (Å²) in [4.78, 5) is 36.0. The highest BCUT2D eigenvalue weighted by molar-refractivity contribution is 6.05. The van der Waals surface area contributed by atoms with Crippen molar-refractivity contribution in [2.24, 2.45) is 0 Å². The summed E-state index contributed by atoms with van der Waals surface area (Å²) in [5, 5.41) is 5.79. The van der Waals surface area contributed by atoms with Crippen LogP contribution in [0.15, 0.2) is 48.9 Å². The highest BCUT2D eigenvalue weighted by Crippen LogP contribution is 2.35. The Bertz CT molecular complexity index is 1720. The summed E-state index contributed by atoms with van der Waals surface area (Å²) in [5.74, 6) is -2.74. The third-order valence-electron chi connectivity index (χ3n) is 7.72. The van der Waals surface area contributed by atoms with Crippen LogP contribution >= 0.6 is 0 Å². The summed E-state index contributed by atoms with van der Waals surface area (Å²) in [6, 6.07) is 8.29. The molecule has 2 N–H and O–H groups in total. The predicted molar refractivity (Wildman–Crippen MR) is 167 cm³/mol. The molecule has 10 nitrogen and oxygen atoms in total. The molecule has 1 amide bonds. The normalized spacial score (nSPS) is 14.9. The molecule has 4 aromatic rings. The Balaban J connectivity index is 1.39. The highest BCUT2D eigenvalue weighted by Gasteiger charge is 2.35. The van der Waals surface area contributed by atoms with Gasteiger partial charge in [0.1, 0.15) is 17.4 Å². The molecule has 0 unspecified atom stereocenters. The lowest BCUT2D eigenvalue weighted by Gasteiger charge is -2.31. The third kappa shape index (κ3) is 7.76. The molecular formula is C31H34F5N9O. The second-order valence-electron chi connectivity index (χ2n) is 11.6. The maximum atomic E-state index is 13.8. The Kier molecular flexibility index (Phi) is 9.24. The summed E-state index contributed by atoms with van der Waals surface area (Å²) < 4.78 is 68.7. The molecule has 0 aliphatic carbocycles. The molecule has 1 aliphatic heterocycles. The van der Waals surface area contributed by atoms with Gasteiger partial charge in [0.25, 0.3) is 11.8 Å². The van der Waals surface area contributed by atoms with E-state index in [1.165, 1.54) is 18.6 Å². The van der Waals surface area contributed by atoms with Crippen LogP contribution in [-0.4, -0.2) is 84.0 Å². The first-order valence-electron chi connectivity index (χ1n) is 14.6. The van der Waals surface area contributed by atoms with Crippen LogP contribution in [-0.2, 0) is 6.18 Å². The van der Waals surface area contributed by atoms with Gasteiger partial charge >= 0.3 is 6.18 Å². The lowest BCUT2D eigenvalue weighted by atomic mass is 10.1. The van der Waals surface area contributed by atoms with Crippen LogP contribution in [0.4, 0.5) is 50.8 Å². The fraction of sp³-hybridized carbons (Fsp3) is 0.387. The van der Waals surface area contributed by atoms with Crippen LogP contribution in [0.5, 0.6) is 0 Å². The maximum absolute atomic E-state index is 13.8. The van der Waals surface area contributed by atoms with Crippen LogP contribution in [0.1, 0.15) is 34.3 Å². The molecule has 0 bridgehead atoms. The first-order valence-corrected chi connectivity index (χ1v) is 14.6. The van der Waals surface area contributed by atoms with E-state index in [-0.39, 0.29) is 43.1 Å². The van der Waals surface area contributed by atoms with E-state index in [9.17, 15) is 26.7 Å². The topological polar surface area (TPSA) is 102 Å². The first-order chi connectivity index (χ1) is 21.7. The molecule has 0 atom stereocenters. The van der Waals surface area contributed by atoms with Gasteiger partial charge in [-0.3, -0.25) is 4.79 Å². The molecule has 3 heterocycles. The highest BCUT2D eigenvalue weighted by atomic mass is 19.4. The number of piperidine rings is 1. The van der Waals surface area contributed by atoms with Gasteiger partial charge < -0.3 is 25.3 Å². The molecule has 46 heavy (non-hydrogen) atoms. The molecule has 0 radical (unpaired) electrons. The first kappa shape index (κ1) is 32.7. The molecule has 15 heteroatoms. The number of benzene rings is 2. The largest absolute Gasteiger partial charge is 0.416 e. The van der Waals surface area contributed by atoms with E-state index in [4.69, 9.17) is 0 Å². The van der Waals surface area contributed by atoms with Crippen molar-refractivity contribution in [1.82, 2.24) is 24.8 Å². The number of rotatable bonds is 9. The van der Waals surface area contributed by atoms with E-state index in [1.807, 2.05) is 25.9 Å². The van der Waals surface area contributed by atoms with Gasteiger partial charge in [0.2, 0.25) is 5.95 Å². The minimum atomic E-state index is -4.61. The van der Waals surface area contributed by atoms with Crippen molar-refractivity contribution in [2.45, 2.75) is 31.9 Å².